The van der Waals surface area contributed by atoms with Crippen LogP contribution in [0.25, 0.3) is 132 Å². The highest BCUT2D eigenvalue weighted by Crippen LogP contribution is 2.41. The molecule has 3 heteroatoms. The summed E-state index contributed by atoms with van der Waals surface area (Å²) >= 11 is 0. The molecule has 14 rings (SSSR count). The first-order chi connectivity index (χ1) is 33.7. The summed E-state index contributed by atoms with van der Waals surface area (Å²) in [5, 5.41) is 12.6. The van der Waals surface area contributed by atoms with E-state index in [1.165, 1.54) is 92.6 Å². The Kier molecular flexibility index (Phi) is 8.59. The van der Waals surface area contributed by atoms with Gasteiger partial charge in [0.25, 0.3) is 0 Å². The minimum Gasteiger partial charge on any atom is -0.309 e. The van der Waals surface area contributed by atoms with Gasteiger partial charge in [0.15, 0.2) is 0 Å². The number of rotatable bonds is 6. The molecular formula is C65H41N3. The smallest absolute Gasteiger partial charge is 0.0715 e. The first kappa shape index (κ1) is 38.2. The third-order valence-corrected chi connectivity index (χ3v) is 14.1. The van der Waals surface area contributed by atoms with Crippen molar-refractivity contribution in [2.45, 2.75) is 0 Å². The molecule has 3 aromatic heterocycles. The van der Waals surface area contributed by atoms with Gasteiger partial charge in [0, 0.05) is 44.0 Å². The van der Waals surface area contributed by atoms with E-state index in [1.807, 2.05) is 0 Å². The predicted octanol–water partition coefficient (Wildman–Crippen LogP) is 17.4. The zero-order valence-electron chi connectivity index (χ0n) is 37.0. The Labute approximate surface area is 393 Å². The van der Waals surface area contributed by atoms with Crippen molar-refractivity contribution in [2.24, 2.45) is 0 Å². The summed E-state index contributed by atoms with van der Waals surface area (Å²) in [6.07, 6.45) is 0. The molecule has 316 valence electrons. The molecule has 0 fully saturated rings. The molecule has 0 radical (unpaired) electrons. The summed E-state index contributed by atoms with van der Waals surface area (Å²) in [7, 11) is 0. The number of fused-ring (bicyclic) bond motifs is 12. The largest absolute Gasteiger partial charge is 0.309 e. The number of hydrogen-bond acceptors (Lipinski definition) is 1. The number of pyridine rings is 1. The molecule has 14 aromatic rings. The molecular weight excluding hydrogens is 823 g/mol. The Hall–Kier alpha value is -9.05. The second kappa shape index (κ2) is 15.3. The lowest BCUT2D eigenvalue weighted by Crippen LogP contribution is -1.95. The molecule has 3 nitrogen and oxygen atoms in total. The average molecular weight is 864 g/mol. The summed E-state index contributed by atoms with van der Waals surface area (Å²) in [5.74, 6) is 0. The molecule has 3 heterocycles. The predicted molar refractivity (Wildman–Crippen MR) is 287 cm³/mol. The summed E-state index contributed by atoms with van der Waals surface area (Å²) in [5.41, 5.74) is 15.8. The van der Waals surface area contributed by atoms with Crippen molar-refractivity contribution in [3.05, 3.63) is 249 Å². The number of aromatic nitrogens is 3. The Morgan fingerprint density at radius 2 is 0.618 bits per heavy atom. The number of nitrogens with zero attached hydrogens (tertiary/aromatic N) is 3. The van der Waals surface area contributed by atoms with Crippen LogP contribution in [-0.4, -0.2) is 14.1 Å². The minimum atomic E-state index is 0.947. The van der Waals surface area contributed by atoms with Gasteiger partial charge in [-0.3, -0.25) is 0 Å². The summed E-state index contributed by atoms with van der Waals surface area (Å²) in [4.78, 5) is 5.21. The van der Waals surface area contributed by atoms with Crippen LogP contribution < -0.4 is 0 Å². The zero-order valence-corrected chi connectivity index (χ0v) is 37.0. The highest BCUT2D eigenvalue weighted by Gasteiger charge is 2.18. The van der Waals surface area contributed by atoms with E-state index in [4.69, 9.17) is 4.98 Å². The molecule has 0 aliphatic rings. The summed E-state index contributed by atoms with van der Waals surface area (Å²) in [6, 6.07) is 90.6. The SMILES string of the molecule is c1ccc(-c2cc(-c3ccccc3)nc(-c3ccc(-n4c5ccccc5c5cc(-c6ccc7c8ccccc8n(-c8ccc9c%10ccccc%10c%10ccccc%10c9c8)c7c6)ccc54)cc3)c2)cc1. The standard InChI is InChI=1S/C65H41N3/c1-3-15-42(16-4-1)47-38-60(43-17-5-2-6-18-43)66-61(39-47)44-27-31-48(32-28-44)67-63-26-14-12-24-56(63)59-37-45(30-36-64(59)67)46-29-34-57-55-23-11-13-25-62(55)68(65(57)40-46)49-33-35-54-52-21-8-7-19-50(52)51-20-9-10-22-53(51)58(54)41-49/h1-41H. The highest BCUT2D eigenvalue weighted by molar-refractivity contribution is 6.25. The van der Waals surface area contributed by atoms with Gasteiger partial charge in [0.2, 0.25) is 0 Å². The van der Waals surface area contributed by atoms with Gasteiger partial charge in [0.05, 0.1) is 33.5 Å². The molecule has 0 aliphatic carbocycles. The topological polar surface area (TPSA) is 22.8 Å². The lowest BCUT2D eigenvalue weighted by Gasteiger charge is -2.14. The van der Waals surface area contributed by atoms with E-state index >= 15 is 0 Å². The molecule has 0 saturated heterocycles. The van der Waals surface area contributed by atoms with Crippen LogP contribution in [0.1, 0.15) is 0 Å². The van der Waals surface area contributed by atoms with Gasteiger partial charge in [-0.15, -0.1) is 0 Å². The van der Waals surface area contributed by atoms with Crippen LogP contribution in [0.4, 0.5) is 0 Å². The maximum Gasteiger partial charge on any atom is 0.0715 e. The lowest BCUT2D eigenvalue weighted by molar-refractivity contribution is 1.18. The van der Waals surface area contributed by atoms with Crippen molar-refractivity contribution in [1.29, 1.82) is 0 Å². The van der Waals surface area contributed by atoms with Gasteiger partial charge < -0.3 is 9.13 Å². The second-order valence-corrected chi connectivity index (χ2v) is 17.9. The van der Waals surface area contributed by atoms with Gasteiger partial charge in [-0.05, 0) is 121 Å². The maximum atomic E-state index is 5.21. The molecule has 0 bridgehead atoms. The van der Waals surface area contributed by atoms with E-state index in [-0.39, 0.29) is 0 Å². The number of hydrogen-bond donors (Lipinski definition) is 0. The first-order valence-corrected chi connectivity index (χ1v) is 23.4. The van der Waals surface area contributed by atoms with Crippen molar-refractivity contribution in [1.82, 2.24) is 14.1 Å². The fourth-order valence-electron chi connectivity index (χ4n) is 10.9. The third-order valence-electron chi connectivity index (χ3n) is 14.1. The maximum absolute atomic E-state index is 5.21. The van der Waals surface area contributed by atoms with Gasteiger partial charge in [-0.25, -0.2) is 4.98 Å². The van der Waals surface area contributed by atoms with E-state index in [9.17, 15) is 0 Å². The number of benzene rings is 11. The molecule has 0 spiro atoms. The molecule has 0 atom stereocenters. The van der Waals surface area contributed by atoms with E-state index in [0.717, 1.165) is 39.5 Å². The van der Waals surface area contributed by atoms with E-state index in [2.05, 4.69) is 258 Å². The third kappa shape index (κ3) is 6.03. The second-order valence-electron chi connectivity index (χ2n) is 17.9. The fourth-order valence-corrected chi connectivity index (χ4v) is 10.9. The minimum absolute atomic E-state index is 0.947. The lowest BCUT2D eigenvalue weighted by atomic mass is 9.94. The molecule has 11 aromatic carbocycles. The van der Waals surface area contributed by atoms with Gasteiger partial charge in [0.1, 0.15) is 0 Å². The summed E-state index contributed by atoms with van der Waals surface area (Å²) in [6.45, 7) is 0. The van der Waals surface area contributed by atoms with Crippen LogP contribution in [0.2, 0.25) is 0 Å². The van der Waals surface area contributed by atoms with Crippen LogP contribution in [0.5, 0.6) is 0 Å². The zero-order chi connectivity index (χ0) is 44.7. The Bertz CT molecular complexity index is 4200. The molecule has 0 aliphatic heterocycles. The molecule has 0 N–H and O–H groups in total. The van der Waals surface area contributed by atoms with Crippen LogP contribution in [0.3, 0.4) is 0 Å². The van der Waals surface area contributed by atoms with E-state index in [0.29, 0.717) is 0 Å². The molecule has 0 amide bonds. The van der Waals surface area contributed by atoms with E-state index < -0.39 is 0 Å². The molecule has 0 unspecified atom stereocenters. The van der Waals surface area contributed by atoms with Crippen LogP contribution in [0.15, 0.2) is 249 Å². The molecule has 0 saturated carbocycles. The monoisotopic (exact) mass is 863 g/mol. The Morgan fingerprint density at radius 1 is 0.206 bits per heavy atom. The van der Waals surface area contributed by atoms with Crippen LogP contribution in [-0.2, 0) is 0 Å². The Balaban J connectivity index is 0.885. The first-order valence-electron chi connectivity index (χ1n) is 23.4. The van der Waals surface area contributed by atoms with Crippen molar-refractivity contribution in [2.75, 3.05) is 0 Å². The van der Waals surface area contributed by atoms with Crippen LogP contribution >= 0.6 is 0 Å². The quantitative estimate of drug-likeness (QED) is 0.153. The summed E-state index contributed by atoms with van der Waals surface area (Å²) < 4.78 is 4.86. The highest BCUT2D eigenvalue weighted by atomic mass is 15.0. The van der Waals surface area contributed by atoms with Crippen LogP contribution in [0, 0.1) is 0 Å². The van der Waals surface area contributed by atoms with Gasteiger partial charge in [-0.2, -0.15) is 0 Å². The van der Waals surface area contributed by atoms with Gasteiger partial charge in [-0.1, -0.05) is 182 Å². The van der Waals surface area contributed by atoms with Crippen molar-refractivity contribution in [3.63, 3.8) is 0 Å². The fraction of sp³-hybridized carbons (Fsp3) is 0. The molecule has 68 heavy (non-hydrogen) atoms. The van der Waals surface area contributed by atoms with Crippen molar-refractivity contribution in [3.8, 4) is 56.1 Å². The number of para-hydroxylation sites is 2. The Morgan fingerprint density at radius 3 is 1.26 bits per heavy atom. The van der Waals surface area contributed by atoms with Crippen molar-refractivity contribution < 1.29 is 0 Å². The van der Waals surface area contributed by atoms with Crippen molar-refractivity contribution >= 4 is 75.9 Å². The normalized spacial score (nSPS) is 11.8. The average Bonchev–Trinajstić information content (AvgIpc) is 3.93. The van der Waals surface area contributed by atoms with Gasteiger partial charge >= 0.3 is 0 Å². The van der Waals surface area contributed by atoms with E-state index in [1.54, 1.807) is 0 Å².